The number of carbonyl (C=O) groups excluding carboxylic acids is 1. The SMILES string of the molecule is C=C(Nc1ccc2c(c1)-c1c(c(C(N)=O)nn1-c1cccc(OCC3COC(C)(C)O3)c1)CC2)c1ccncc1Cl. The van der Waals surface area contributed by atoms with Crippen LogP contribution in [0.15, 0.2) is 67.5 Å². The number of hydrogen-bond donors (Lipinski definition) is 2. The highest BCUT2D eigenvalue weighted by molar-refractivity contribution is 6.32. The lowest BCUT2D eigenvalue weighted by molar-refractivity contribution is -0.141. The molecule has 1 aliphatic carbocycles. The van der Waals surface area contributed by atoms with Crippen molar-refractivity contribution in [3.05, 3.63) is 94.9 Å². The average molecular weight is 572 g/mol. The van der Waals surface area contributed by atoms with Crippen molar-refractivity contribution in [1.82, 2.24) is 14.8 Å². The molecular formula is C31H30ClN5O4. The number of nitrogens with two attached hydrogens (primary N) is 1. The number of primary amides is 1. The van der Waals surface area contributed by atoms with E-state index < -0.39 is 11.7 Å². The van der Waals surface area contributed by atoms with Crippen LogP contribution in [0, 0.1) is 0 Å². The number of ether oxygens (including phenoxy) is 3. The summed E-state index contributed by atoms with van der Waals surface area (Å²) in [6.45, 7) is 8.74. The molecule has 2 aliphatic rings. The van der Waals surface area contributed by atoms with Gasteiger partial charge in [-0.2, -0.15) is 5.10 Å². The molecule has 210 valence electrons. The monoisotopic (exact) mass is 571 g/mol. The zero-order valence-electron chi connectivity index (χ0n) is 22.8. The third kappa shape index (κ3) is 5.44. The predicted molar refractivity (Wildman–Crippen MR) is 157 cm³/mol. The molecule has 0 saturated carbocycles. The molecule has 10 heteroatoms. The number of hydrogen-bond acceptors (Lipinski definition) is 7. The molecule has 41 heavy (non-hydrogen) atoms. The van der Waals surface area contributed by atoms with Gasteiger partial charge in [0.05, 0.1) is 23.0 Å². The molecule has 0 bridgehead atoms. The first kappa shape index (κ1) is 27.0. The van der Waals surface area contributed by atoms with Gasteiger partial charge in [-0.15, -0.1) is 0 Å². The van der Waals surface area contributed by atoms with Crippen molar-refractivity contribution in [2.75, 3.05) is 18.5 Å². The second kappa shape index (κ2) is 10.7. The maximum atomic E-state index is 12.5. The van der Waals surface area contributed by atoms with Crippen molar-refractivity contribution < 1.29 is 19.0 Å². The quantitative estimate of drug-likeness (QED) is 0.291. The molecule has 1 aliphatic heterocycles. The number of aromatic nitrogens is 3. The summed E-state index contributed by atoms with van der Waals surface area (Å²) < 4.78 is 19.3. The summed E-state index contributed by atoms with van der Waals surface area (Å²) in [6, 6.07) is 15.5. The maximum Gasteiger partial charge on any atom is 0.269 e. The van der Waals surface area contributed by atoms with Crippen LogP contribution < -0.4 is 15.8 Å². The first-order chi connectivity index (χ1) is 19.7. The van der Waals surface area contributed by atoms with Gasteiger partial charge in [-0.1, -0.05) is 30.3 Å². The van der Waals surface area contributed by atoms with E-state index in [2.05, 4.69) is 28.0 Å². The highest BCUT2D eigenvalue weighted by atomic mass is 35.5. The normalized spacial score (nSPS) is 17.0. The highest BCUT2D eigenvalue weighted by Crippen LogP contribution is 2.39. The van der Waals surface area contributed by atoms with Crippen LogP contribution in [0.25, 0.3) is 22.6 Å². The Labute approximate surface area is 242 Å². The van der Waals surface area contributed by atoms with E-state index in [9.17, 15) is 4.79 Å². The van der Waals surface area contributed by atoms with Crippen LogP contribution in [0.3, 0.4) is 0 Å². The molecule has 1 atom stereocenters. The van der Waals surface area contributed by atoms with Crippen LogP contribution in [-0.2, 0) is 22.3 Å². The average Bonchev–Trinajstić information content (AvgIpc) is 3.52. The predicted octanol–water partition coefficient (Wildman–Crippen LogP) is 5.40. The molecule has 2 aromatic heterocycles. The fourth-order valence-corrected chi connectivity index (χ4v) is 5.54. The number of pyridine rings is 1. The topological polar surface area (TPSA) is 114 Å². The fraction of sp³-hybridized carbons (Fsp3) is 0.258. The first-order valence-corrected chi connectivity index (χ1v) is 13.7. The minimum atomic E-state index is -0.618. The number of fused-ring (bicyclic) bond motifs is 3. The molecule has 0 spiro atoms. The molecule has 1 fully saturated rings. The summed E-state index contributed by atoms with van der Waals surface area (Å²) in [6.07, 6.45) is 4.50. The number of benzene rings is 2. The number of amides is 1. The number of nitrogens with zero attached hydrogens (tertiary/aromatic N) is 3. The molecule has 1 amide bonds. The Bertz CT molecular complexity index is 1660. The molecule has 4 aromatic rings. The summed E-state index contributed by atoms with van der Waals surface area (Å²) in [7, 11) is 0. The lowest BCUT2D eigenvalue weighted by Gasteiger charge is -2.21. The van der Waals surface area contributed by atoms with E-state index in [4.69, 9.17) is 31.5 Å². The van der Waals surface area contributed by atoms with Gasteiger partial charge in [0.15, 0.2) is 11.5 Å². The lowest BCUT2D eigenvalue weighted by atomic mass is 9.88. The molecule has 2 aromatic carbocycles. The van der Waals surface area contributed by atoms with E-state index in [-0.39, 0.29) is 11.8 Å². The molecule has 1 saturated heterocycles. The zero-order valence-corrected chi connectivity index (χ0v) is 23.6. The van der Waals surface area contributed by atoms with Crippen molar-refractivity contribution >= 4 is 28.9 Å². The smallest absolute Gasteiger partial charge is 0.269 e. The number of halogens is 1. The van der Waals surface area contributed by atoms with Gasteiger partial charge in [-0.05, 0) is 62.6 Å². The molecular weight excluding hydrogens is 542 g/mol. The molecule has 3 heterocycles. The standard InChI is InChI=1S/C31H30ClN5O4/c1-18(24-11-12-34-15-27(24)32)35-20-9-7-19-8-10-25-28(30(33)38)36-37(29(25)26(19)13-20)21-5-4-6-22(14-21)39-16-23-17-40-31(2,3)41-23/h4-7,9,11-15,23,35H,1,8,10,16-17H2,2-3H3,(H2,33,38). The molecule has 0 radical (unpaired) electrons. The summed E-state index contributed by atoms with van der Waals surface area (Å²) in [4.78, 5) is 16.5. The van der Waals surface area contributed by atoms with E-state index >= 15 is 0 Å². The number of carbonyl (C=O) groups is 1. The van der Waals surface area contributed by atoms with E-state index in [1.165, 1.54) is 0 Å². The fourth-order valence-electron chi connectivity index (χ4n) is 5.30. The number of anilines is 1. The van der Waals surface area contributed by atoms with E-state index in [1.807, 2.05) is 56.3 Å². The van der Waals surface area contributed by atoms with Crippen LogP contribution in [-0.4, -0.2) is 45.8 Å². The minimum Gasteiger partial charge on any atom is -0.491 e. The zero-order chi connectivity index (χ0) is 28.7. The van der Waals surface area contributed by atoms with Crippen molar-refractivity contribution in [3.63, 3.8) is 0 Å². The number of nitrogens with one attached hydrogen (secondary N) is 1. The Morgan fingerprint density at radius 3 is 2.85 bits per heavy atom. The molecule has 6 rings (SSSR count). The van der Waals surface area contributed by atoms with E-state index in [1.54, 1.807) is 17.1 Å². The summed E-state index contributed by atoms with van der Waals surface area (Å²) in [5.41, 5.74) is 12.8. The molecule has 3 N–H and O–H groups in total. The van der Waals surface area contributed by atoms with Gasteiger partial charge in [0, 0.05) is 46.5 Å². The third-order valence-electron chi connectivity index (χ3n) is 7.18. The van der Waals surface area contributed by atoms with Crippen LogP contribution in [0.1, 0.15) is 41.0 Å². The Hall–Kier alpha value is -4.18. The van der Waals surface area contributed by atoms with Gasteiger partial charge in [0.25, 0.3) is 5.91 Å². The number of rotatable bonds is 8. The van der Waals surface area contributed by atoms with Crippen molar-refractivity contribution in [1.29, 1.82) is 0 Å². The molecule has 9 nitrogen and oxygen atoms in total. The summed E-state index contributed by atoms with van der Waals surface area (Å²) in [5.74, 6) is -0.530. The van der Waals surface area contributed by atoms with E-state index in [0.29, 0.717) is 36.1 Å². The Morgan fingerprint density at radius 2 is 2.10 bits per heavy atom. The second-order valence-corrected chi connectivity index (χ2v) is 10.9. The van der Waals surface area contributed by atoms with Gasteiger partial charge < -0.3 is 25.3 Å². The Kier molecular flexibility index (Phi) is 7.03. The van der Waals surface area contributed by atoms with Crippen LogP contribution in [0.5, 0.6) is 5.75 Å². The third-order valence-corrected chi connectivity index (χ3v) is 7.49. The van der Waals surface area contributed by atoms with Gasteiger partial charge in [-0.3, -0.25) is 9.78 Å². The summed E-state index contributed by atoms with van der Waals surface area (Å²) in [5, 5.41) is 8.55. The lowest BCUT2D eigenvalue weighted by Crippen LogP contribution is -2.25. The van der Waals surface area contributed by atoms with Crippen molar-refractivity contribution in [2.24, 2.45) is 5.73 Å². The van der Waals surface area contributed by atoms with Crippen LogP contribution in [0.4, 0.5) is 5.69 Å². The van der Waals surface area contributed by atoms with Gasteiger partial charge in [0.1, 0.15) is 18.5 Å². The Morgan fingerprint density at radius 1 is 1.24 bits per heavy atom. The highest BCUT2D eigenvalue weighted by Gasteiger charge is 2.33. The van der Waals surface area contributed by atoms with Gasteiger partial charge >= 0.3 is 0 Å². The van der Waals surface area contributed by atoms with Crippen LogP contribution in [0.2, 0.25) is 5.02 Å². The first-order valence-electron chi connectivity index (χ1n) is 13.3. The van der Waals surface area contributed by atoms with E-state index in [0.717, 1.165) is 45.7 Å². The second-order valence-electron chi connectivity index (χ2n) is 10.5. The van der Waals surface area contributed by atoms with Gasteiger partial charge in [-0.25, -0.2) is 4.68 Å². The van der Waals surface area contributed by atoms with Crippen molar-refractivity contribution in [3.8, 4) is 22.7 Å². The number of aryl methyl sites for hydroxylation is 1. The molecule has 1 unspecified atom stereocenters. The van der Waals surface area contributed by atoms with Crippen molar-refractivity contribution in [2.45, 2.75) is 38.6 Å². The van der Waals surface area contributed by atoms with Crippen LogP contribution >= 0.6 is 11.6 Å². The largest absolute Gasteiger partial charge is 0.491 e. The van der Waals surface area contributed by atoms with Gasteiger partial charge in [0.2, 0.25) is 0 Å². The Balaban J connectivity index is 1.34. The summed E-state index contributed by atoms with van der Waals surface area (Å²) >= 11 is 6.33. The maximum absolute atomic E-state index is 12.5. The minimum absolute atomic E-state index is 0.165.